The molecule has 0 saturated carbocycles. The van der Waals surface area contributed by atoms with Gasteiger partial charge in [-0.2, -0.15) is 13.2 Å². The lowest BCUT2D eigenvalue weighted by Crippen LogP contribution is -2.39. The summed E-state index contributed by atoms with van der Waals surface area (Å²) in [6.07, 6.45) is -5.51. The van der Waals surface area contributed by atoms with Gasteiger partial charge in [0.05, 0.1) is 34.7 Å². The zero-order valence-corrected chi connectivity index (χ0v) is 20.6. The van der Waals surface area contributed by atoms with Crippen LogP contribution in [-0.4, -0.2) is 31.6 Å². The number of alkyl halides is 3. The SMILES string of the molecule is CC(C)Oc1cc(F)cc(-c2ccc3c(c2)N(S(=O)(=O)c2cccc(C(F)(F)F)c2)C(CC(=O)O)C3)c1. The monoisotopic (exact) mass is 537 g/mol. The van der Waals surface area contributed by atoms with Gasteiger partial charge in [-0.15, -0.1) is 0 Å². The fourth-order valence-electron chi connectivity index (χ4n) is 4.35. The molecule has 37 heavy (non-hydrogen) atoms. The predicted molar refractivity (Wildman–Crippen MR) is 128 cm³/mol. The third-order valence-electron chi connectivity index (χ3n) is 5.81. The van der Waals surface area contributed by atoms with Gasteiger partial charge in [0, 0.05) is 6.07 Å². The van der Waals surface area contributed by atoms with Crippen molar-refractivity contribution in [3.05, 3.63) is 77.6 Å². The molecule has 4 rings (SSSR count). The topological polar surface area (TPSA) is 83.9 Å². The van der Waals surface area contributed by atoms with Crippen molar-refractivity contribution in [2.75, 3.05) is 4.31 Å². The molecule has 0 fully saturated rings. The number of carbonyl (C=O) groups is 1. The van der Waals surface area contributed by atoms with E-state index in [1.165, 1.54) is 18.2 Å². The van der Waals surface area contributed by atoms with E-state index in [0.29, 0.717) is 22.8 Å². The second-order valence-corrected chi connectivity index (χ2v) is 10.8. The average molecular weight is 538 g/mol. The van der Waals surface area contributed by atoms with E-state index in [-0.39, 0.29) is 24.0 Å². The second-order valence-electron chi connectivity index (χ2n) is 8.97. The fraction of sp³-hybridized carbons (Fsp3) is 0.269. The minimum Gasteiger partial charge on any atom is -0.491 e. The molecule has 11 heteroatoms. The molecule has 0 radical (unpaired) electrons. The van der Waals surface area contributed by atoms with Crippen molar-refractivity contribution in [1.82, 2.24) is 0 Å². The summed E-state index contributed by atoms with van der Waals surface area (Å²) < 4.78 is 87.9. The molecule has 0 amide bonds. The highest BCUT2D eigenvalue weighted by molar-refractivity contribution is 7.92. The van der Waals surface area contributed by atoms with Crippen molar-refractivity contribution >= 4 is 21.7 Å². The van der Waals surface area contributed by atoms with Crippen LogP contribution >= 0.6 is 0 Å². The molecule has 6 nitrogen and oxygen atoms in total. The third kappa shape index (κ3) is 5.56. The number of hydrogen-bond donors (Lipinski definition) is 1. The summed E-state index contributed by atoms with van der Waals surface area (Å²) in [5, 5.41) is 9.40. The molecule has 1 unspecified atom stereocenters. The van der Waals surface area contributed by atoms with Crippen LogP contribution in [0.3, 0.4) is 0 Å². The van der Waals surface area contributed by atoms with Gasteiger partial charge in [0.25, 0.3) is 10.0 Å². The number of halogens is 4. The van der Waals surface area contributed by atoms with Crippen LogP contribution in [0, 0.1) is 5.82 Å². The molecular formula is C26H23F4NO5S. The molecule has 0 saturated heterocycles. The van der Waals surface area contributed by atoms with E-state index < -0.39 is 50.9 Å². The van der Waals surface area contributed by atoms with Gasteiger partial charge in [0.15, 0.2) is 0 Å². The van der Waals surface area contributed by atoms with Gasteiger partial charge >= 0.3 is 12.1 Å². The number of hydrogen-bond acceptors (Lipinski definition) is 4. The zero-order valence-electron chi connectivity index (χ0n) is 19.8. The summed E-state index contributed by atoms with van der Waals surface area (Å²) in [7, 11) is -4.59. The lowest BCUT2D eigenvalue weighted by atomic mass is 10.0. The normalized spacial score (nSPS) is 15.6. The maximum atomic E-state index is 14.3. The first-order chi connectivity index (χ1) is 17.3. The van der Waals surface area contributed by atoms with Crippen molar-refractivity contribution in [1.29, 1.82) is 0 Å². The van der Waals surface area contributed by atoms with Crippen LogP contribution in [0.1, 0.15) is 31.4 Å². The van der Waals surface area contributed by atoms with Gasteiger partial charge in [0.1, 0.15) is 11.6 Å². The summed E-state index contributed by atoms with van der Waals surface area (Å²) in [5.74, 6) is -1.57. The van der Waals surface area contributed by atoms with Crippen molar-refractivity contribution in [2.24, 2.45) is 0 Å². The Hall–Kier alpha value is -3.60. The molecule has 0 bridgehead atoms. The maximum Gasteiger partial charge on any atom is 0.416 e. The number of carboxylic acids is 1. The standard InChI is InChI=1S/C26H23F4NO5S/c1-15(2)36-22-10-18(8-20(27)13-22)16-6-7-17-9-21(14-25(32)33)31(24(17)11-16)37(34,35)23-5-3-4-19(12-23)26(28,29)30/h3-8,10-13,15,21H,9,14H2,1-2H3,(H,32,33). The number of benzene rings is 3. The van der Waals surface area contributed by atoms with Gasteiger partial charge in [-0.25, -0.2) is 12.8 Å². The quantitative estimate of drug-likeness (QED) is 0.380. The fourth-order valence-corrected chi connectivity index (χ4v) is 6.08. The Morgan fingerprint density at radius 1 is 1.08 bits per heavy atom. The van der Waals surface area contributed by atoms with Crippen molar-refractivity contribution in [3.63, 3.8) is 0 Å². The molecule has 0 aromatic heterocycles. The number of rotatable bonds is 7. The smallest absolute Gasteiger partial charge is 0.416 e. The lowest BCUT2D eigenvalue weighted by molar-refractivity contribution is -0.138. The number of nitrogens with zero attached hydrogens (tertiary/aromatic N) is 1. The van der Waals surface area contributed by atoms with E-state index in [1.54, 1.807) is 32.0 Å². The average Bonchev–Trinajstić information content (AvgIpc) is 3.14. The number of carboxylic acid groups (broad SMARTS) is 1. The van der Waals surface area contributed by atoms with E-state index in [1.807, 2.05) is 0 Å². The lowest BCUT2D eigenvalue weighted by Gasteiger charge is -2.26. The van der Waals surface area contributed by atoms with Gasteiger partial charge in [-0.1, -0.05) is 18.2 Å². The van der Waals surface area contributed by atoms with E-state index in [0.717, 1.165) is 22.5 Å². The molecule has 3 aromatic carbocycles. The maximum absolute atomic E-state index is 14.3. The summed E-state index contributed by atoms with van der Waals surface area (Å²) in [6.45, 7) is 3.55. The van der Waals surface area contributed by atoms with Gasteiger partial charge in [-0.3, -0.25) is 9.10 Å². The third-order valence-corrected chi connectivity index (χ3v) is 7.68. The summed E-state index contributed by atoms with van der Waals surface area (Å²) in [4.78, 5) is 10.9. The van der Waals surface area contributed by atoms with Crippen LogP contribution in [-0.2, 0) is 27.4 Å². The predicted octanol–water partition coefficient (Wildman–Crippen LogP) is 5.89. The number of sulfonamides is 1. The van der Waals surface area contributed by atoms with E-state index in [9.17, 15) is 35.9 Å². The van der Waals surface area contributed by atoms with Crippen molar-refractivity contribution in [2.45, 2.75) is 49.9 Å². The minimum absolute atomic E-state index is 0.0466. The van der Waals surface area contributed by atoms with Crippen LogP contribution < -0.4 is 9.04 Å². The molecule has 0 aliphatic carbocycles. The molecule has 1 aliphatic heterocycles. The van der Waals surface area contributed by atoms with Crippen molar-refractivity contribution < 1.29 is 40.6 Å². The van der Waals surface area contributed by atoms with Crippen LogP contribution in [0.4, 0.5) is 23.2 Å². The van der Waals surface area contributed by atoms with Gasteiger partial charge in [0.2, 0.25) is 0 Å². The van der Waals surface area contributed by atoms with E-state index in [4.69, 9.17) is 4.74 Å². The van der Waals surface area contributed by atoms with Crippen LogP contribution in [0.15, 0.2) is 65.6 Å². The molecular weight excluding hydrogens is 514 g/mol. The number of fused-ring (bicyclic) bond motifs is 1. The summed E-state index contributed by atoms with van der Waals surface area (Å²) in [6, 6.07) is 11.0. The minimum atomic E-state index is -4.77. The number of aliphatic carboxylic acids is 1. The Kier molecular flexibility index (Phi) is 6.93. The highest BCUT2D eigenvalue weighted by atomic mass is 32.2. The molecule has 1 heterocycles. The van der Waals surface area contributed by atoms with Gasteiger partial charge in [-0.05, 0) is 73.4 Å². The largest absolute Gasteiger partial charge is 0.491 e. The first-order valence-electron chi connectivity index (χ1n) is 11.3. The molecule has 1 aliphatic rings. The summed E-state index contributed by atoms with van der Waals surface area (Å²) in [5.41, 5.74) is 0.287. The highest BCUT2D eigenvalue weighted by Crippen LogP contribution is 2.41. The zero-order chi connectivity index (χ0) is 27.1. The van der Waals surface area contributed by atoms with Gasteiger partial charge < -0.3 is 9.84 Å². The van der Waals surface area contributed by atoms with E-state index in [2.05, 4.69) is 0 Å². The second kappa shape index (κ2) is 9.70. The molecule has 1 atom stereocenters. The Labute approximate surface area is 211 Å². The number of ether oxygens (including phenoxy) is 1. The molecule has 1 N–H and O–H groups in total. The first kappa shape index (κ1) is 26.5. The van der Waals surface area contributed by atoms with Crippen LogP contribution in [0.5, 0.6) is 5.75 Å². The van der Waals surface area contributed by atoms with Crippen LogP contribution in [0.25, 0.3) is 11.1 Å². The Balaban J connectivity index is 1.83. The Bertz CT molecular complexity index is 1450. The highest BCUT2D eigenvalue weighted by Gasteiger charge is 2.41. The van der Waals surface area contributed by atoms with Crippen LogP contribution in [0.2, 0.25) is 0 Å². The Morgan fingerprint density at radius 3 is 2.46 bits per heavy atom. The molecule has 196 valence electrons. The van der Waals surface area contributed by atoms with Crippen molar-refractivity contribution in [3.8, 4) is 16.9 Å². The molecule has 0 spiro atoms. The van der Waals surface area contributed by atoms with E-state index >= 15 is 0 Å². The first-order valence-corrected chi connectivity index (χ1v) is 12.7. The summed E-state index contributed by atoms with van der Waals surface area (Å²) >= 11 is 0. The Morgan fingerprint density at radius 2 is 1.81 bits per heavy atom. The molecule has 3 aromatic rings. The number of anilines is 1.